The summed E-state index contributed by atoms with van der Waals surface area (Å²) < 4.78 is 12.2. The van der Waals surface area contributed by atoms with Crippen molar-refractivity contribution in [3.8, 4) is 11.5 Å². The Morgan fingerprint density at radius 1 is 1.27 bits per heavy atom. The summed E-state index contributed by atoms with van der Waals surface area (Å²) in [4.78, 5) is 12.2. The molecule has 1 unspecified atom stereocenters. The van der Waals surface area contributed by atoms with E-state index in [0.717, 1.165) is 5.69 Å². The van der Waals surface area contributed by atoms with E-state index < -0.39 is 0 Å². The lowest BCUT2D eigenvalue weighted by Crippen LogP contribution is -2.18. The third-order valence-corrected chi connectivity index (χ3v) is 3.31. The largest absolute Gasteiger partial charge is 0.497 e. The highest BCUT2D eigenvalue weighted by atomic mass is 16.5. The average Bonchev–Trinajstić information content (AvgIpc) is 2.93. The van der Waals surface area contributed by atoms with Gasteiger partial charge in [0.1, 0.15) is 11.5 Å². The van der Waals surface area contributed by atoms with Gasteiger partial charge in [0.05, 0.1) is 26.0 Å². The van der Waals surface area contributed by atoms with Gasteiger partial charge in [-0.15, -0.1) is 0 Å². The van der Waals surface area contributed by atoms with Gasteiger partial charge in [-0.1, -0.05) is 0 Å². The molecule has 0 bridgehead atoms. The van der Waals surface area contributed by atoms with Crippen LogP contribution in [0, 0.1) is 6.92 Å². The molecular weight excluding hydrogens is 282 g/mol. The number of aromatic nitrogens is 2. The van der Waals surface area contributed by atoms with Crippen molar-refractivity contribution in [3.63, 3.8) is 0 Å². The zero-order chi connectivity index (χ0) is 16.1. The van der Waals surface area contributed by atoms with E-state index in [0.29, 0.717) is 23.6 Å². The van der Waals surface area contributed by atoms with Crippen molar-refractivity contribution in [2.45, 2.75) is 26.3 Å². The van der Waals surface area contributed by atoms with Crippen molar-refractivity contribution in [3.05, 3.63) is 36.2 Å². The number of rotatable bonds is 6. The summed E-state index contributed by atoms with van der Waals surface area (Å²) in [5.74, 6) is 1.17. The lowest BCUT2D eigenvalue weighted by molar-refractivity contribution is -0.116. The summed E-state index contributed by atoms with van der Waals surface area (Å²) in [6, 6.07) is 7.17. The van der Waals surface area contributed by atoms with E-state index in [1.54, 1.807) is 37.1 Å². The van der Waals surface area contributed by atoms with Crippen molar-refractivity contribution in [1.82, 2.24) is 9.78 Å². The molecule has 1 aromatic heterocycles. The van der Waals surface area contributed by atoms with Gasteiger partial charge < -0.3 is 14.8 Å². The van der Waals surface area contributed by atoms with E-state index in [4.69, 9.17) is 9.47 Å². The number of carbonyl (C=O) groups is 1. The molecule has 6 nitrogen and oxygen atoms in total. The highest BCUT2D eigenvalue weighted by Gasteiger charge is 2.12. The van der Waals surface area contributed by atoms with Gasteiger partial charge in [0.2, 0.25) is 5.91 Å². The van der Waals surface area contributed by atoms with Crippen LogP contribution in [0.4, 0.5) is 5.69 Å². The van der Waals surface area contributed by atoms with Crippen LogP contribution in [0.2, 0.25) is 0 Å². The molecule has 0 radical (unpaired) electrons. The number of hydrogen-bond acceptors (Lipinski definition) is 4. The van der Waals surface area contributed by atoms with Gasteiger partial charge in [-0.2, -0.15) is 5.10 Å². The SMILES string of the molecule is COc1cc(NC(=O)CC(C)n2ccc(C)n2)cc(OC)c1. The Labute approximate surface area is 130 Å². The molecule has 1 N–H and O–H groups in total. The number of amides is 1. The molecule has 1 atom stereocenters. The first kappa shape index (κ1) is 15.9. The third kappa shape index (κ3) is 4.00. The van der Waals surface area contributed by atoms with Gasteiger partial charge in [0.15, 0.2) is 0 Å². The van der Waals surface area contributed by atoms with Gasteiger partial charge in [0.25, 0.3) is 0 Å². The molecule has 0 aliphatic carbocycles. The van der Waals surface area contributed by atoms with Crippen LogP contribution >= 0.6 is 0 Å². The first-order valence-electron chi connectivity index (χ1n) is 7.06. The van der Waals surface area contributed by atoms with Gasteiger partial charge in [-0.3, -0.25) is 9.48 Å². The van der Waals surface area contributed by atoms with E-state index in [2.05, 4.69) is 10.4 Å². The van der Waals surface area contributed by atoms with Crippen molar-refractivity contribution in [2.24, 2.45) is 0 Å². The van der Waals surface area contributed by atoms with Crippen molar-refractivity contribution >= 4 is 11.6 Å². The molecule has 6 heteroatoms. The number of hydrogen-bond donors (Lipinski definition) is 1. The smallest absolute Gasteiger partial charge is 0.226 e. The Balaban J connectivity index is 2.02. The first-order valence-corrected chi connectivity index (χ1v) is 7.06. The van der Waals surface area contributed by atoms with Gasteiger partial charge in [-0.05, 0) is 19.9 Å². The molecule has 0 aliphatic rings. The molecule has 118 valence electrons. The summed E-state index contributed by atoms with van der Waals surface area (Å²) in [7, 11) is 3.14. The Bertz CT molecular complexity index is 630. The fourth-order valence-corrected chi connectivity index (χ4v) is 2.13. The maximum absolute atomic E-state index is 12.2. The van der Waals surface area contributed by atoms with Crippen LogP contribution in [-0.4, -0.2) is 29.9 Å². The molecule has 0 saturated heterocycles. The topological polar surface area (TPSA) is 65.4 Å². The third-order valence-electron chi connectivity index (χ3n) is 3.31. The highest BCUT2D eigenvalue weighted by Crippen LogP contribution is 2.26. The number of nitrogens with one attached hydrogen (secondary N) is 1. The molecule has 1 aromatic carbocycles. The zero-order valence-electron chi connectivity index (χ0n) is 13.3. The predicted octanol–water partition coefficient (Wildman–Crippen LogP) is 2.80. The number of nitrogens with zero attached hydrogens (tertiary/aromatic N) is 2. The Kier molecular flexibility index (Phi) is 5.04. The van der Waals surface area contributed by atoms with Gasteiger partial charge in [-0.25, -0.2) is 0 Å². The molecular formula is C16H21N3O3. The van der Waals surface area contributed by atoms with Crippen molar-refractivity contribution in [2.75, 3.05) is 19.5 Å². The summed E-state index contributed by atoms with van der Waals surface area (Å²) in [5, 5.41) is 7.18. The first-order chi connectivity index (χ1) is 10.5. The Hall–Kier alpha value is -2.50. The molecule has 1 amide bonds. The van der Waals surface area contributed by atoms with Crippen LogP contribution in [0.1, 0.15) is 25.1 Å². The second-order valence-electron chi connectivity index (χ2n) is 5.14. The molecule has 0 spiro atoms. The molecule has 2 rings (SSSR count). The standard InChI is InChI=1S/C16H21N3O3/c1-11-5-6-19(18-11)12(2)7-16(20)17-13-8-14(21-3)10-15(9-13)22-4/h5-6,8-10,12H,7H2,1-4H3,(H,17,20). The van der Waals surface area contributed by atoms with E-state index in [1.165, 1.54) is 0 Å². The Morgan fingerprint density at radius 3 is 2.41 bits per heavy atom. The van der Waals surface area contributed by atoms with Crippen LogP contribution in [0.3, 0.4) is 0 Å². The fourth-order valence-electron chi connectivity index (χ4n) is 2.13. The predicted molar refractivity (Wildman–Crippen MR) is 84.5 cm³/mol. The maximum Gasteiger partial charge on any atom is 0.226 e. The summed E-state index contributed by atoms with van der Waals surface area (Å²) >= 11 is 0. The summed E-state index contributed by atoms with van der Waals surface area (Å²) in [5.41, 5.74) is 1.58. The highest BCUT2D eigenvalue weighted by molar-refractivity contribution is 5.91. The monoisotopic (exact) mass is 303 g/mol. The van der Waals surface area contributed by atoms with Gasteiger partial charge >= 0.3 is 0 Å². The minimum Gasteiger partial charge on any atom is -0.497 e. The maximum atomic E-state index is 12.2. The van der Waals surface area contributed by atoms with Crippen LogP contribution in [-0.2, 0) is 4.79 Å². The lowest BCUT2D eigenvalue weighted by atomic mass is 10.2. The normalized spacial score (nSPS) is 11.8. The number of benzene rings is 1. The number of anilines is 1. The summed E-state index contributed by atoms with van der Waals surface area (Å²) in [6.07, 6.45) is 2.21. The van der Waals surface area contributed by atoms with Gasteiger partial charge in [0, 0.05) is 36.5 Å². The zero-order valence-corrected chi connectivity index (χ0v) is 13.3. The van der Waals surface area contributed by atoms with Crippen LogP contribution in [0.25, 0.3) is 0 Å². The number of carbonyl (C=O) groups excluding carboxylic acids is 1. The quantitative estimate of drug-likeness (QED) is 0.891. The fraction of sp³-hybridized carbons (Fsp3) is 0.375. The minimum absolute atomic E-state index is 0.0128. The van der Waals surface area contributed by atoms with Crippen LogP contribution in [0.5, 0.6) is 11.5 Å². The molecule has 1 heterocycles. The van der Waals surface area contributed by atoms with E-state index in [1.807, 2.05) is 26.1 Å². The van der Waals surface area contributed by atoms with E-state index in [-0.39, 0.29) is 11.9 Å². The number of ether oxygens (including phenoxy) is 2. The molecule has 0 saturated carbocycles. The van der Waals surface area contributed by atoms with Crippen LogP contribution in [0.15, 0.2) is 30.5 Å². The molecule has 0 fully saturated rings. The van der Waals surface area contributed by atoms with E-state index in [9.17, 15) is 4.79 Å². The average molecular weight is 303 g/mol. The number of aryl methyl sites for hydroxylation is 1. The lowest BCUT2D eigenvalue weighted by Gasteiger charge is -2.13. The molecule has 2 aromatic rings. The van der Waals surface area contributed by atoms with E-state index >= 15 is 0 Å². The second-order valence-corrected chi connectivity index (χ2v) is 5.14. The molecule has 0 aliphatic heterocycles. The minimum atomic E-state index is -0.0871. The second kappa shape index (κ2) is 6.98. The van der Waals surface area contributed by atoms with Crippen molar-refractivity contribution in [1.29, 1.82) is 0 Å². The number of methoxy groups -OCH3 is 2. The summed E-state index contributed by atoms with van der Waals surface area (Å²) in [6.45, 7) is 3.88. The Morgan fingerprint density at radius 2 is 1.91 bits per heavy atom. The van der Waals surface area contributed by atoms with Crippen LogP contribution < -0.4 is 14.8 Å². The molecule has 22 heavy (non-hydrogen) atoms. The van der Waals surface area contributed by atoms with Crippen molar-refractivity contribution < 1.29 is 14.3 Å².